The normalized spacial score (nSPS) is 13.2. The molecule has 2 aromatic heterocycles. The lowest BCUT2D eigenvalue weighted by atomic mass is 9.92. The highest BCUT2D eigenvalue weighted by molar-refractivity contribution is 5.92. The van der Waals surface area contributed by atoms with Crippen LogP contribution in [0.3, 0.4) is 0 Å². The molecule has 0 saturated carbocycles. The van der Waals surface area contributed by atoms with Gasteiger partial charge < -0.3 is 9.84 Å². The number of rotatable bonds is 7. The summed E-state index contributed by atoms with van der Waals surface area (Å²) in [6.07, 6.45) is -0.201. The standard InChI is InChI=1S/C24H22F2N4O3/c1-15-8-13-19-21(27-15)30(17-9-11-18(12-10-17)33-22(25)26)23(28-19)29-20(31)14-24(2,32)16-6-4-3-5-7-16/h3-13,22,32H,14H2,1-2H3,(H,28,29,31)/t24-/m0/s1. The Morgan fingerprint density at radius 2 is 1.79 bits per heavy atom. The van der Waals surface area contributed by atoms with Crippen LogP contribution in [0.2, 0.25) is 0 Å². The highest BCUT2D eigenvalue weighted by Crippen LogP contribution is 2.28. The molecule has 0 saturated heterocycles. The van der Waals surface area contributed by atoms with Crippen LogP contribution in [0.15, 0.2) is 66.7 Å². The van der Waals surface area contributed by atoms with Gasteiger partial charge in [0.2, 0.25) is 11.9 Å². The Balaban J connectivity index is 1.67. The maximum Gasteiger partial charge on any atom is 0.387 e. The second-order valence-corrected chi connectivity index (χ2v) is 7.80. The number of nitrogens with zero attached hydrogens (tertiary/aromatic N) is 3. The van der Waals surface area contributed by atoms with Crippen LogP contribution in [-0.4, -0.2) is 32.2 Å². The Morgan fingerprint density at radius 1 is 1.09 bits per heavy atom. The van der Waals surface area contributed by atoms with Gasteiger partial charge in [-0.05, 0) is 55.8 Å². The minimum atomic E-state index is -2.93. The van der Waals surface area contributed by atoms with Crippen LogP contribution in [0.4, 0.5) is 14.7 Å². The van der Waals surface area contributed by atoms with E-state index < -0.39 is 18.1 Å². The van der Waals surface area contributed by atoms with Crippen LogP contribution in [0.1, 0.15) is 24.6 Å². The van der Waals surface area contributed by atoms with Gasteiger partial charge in [-0.25, -0.2) is 9.97 Å². The molecule has 1 amide bonds. The number of nitrogens with one attached hydrogen (secondary N) is 1. The van der Waals surface area contributed by atoms with Crippen molar-refractivity contribution < 1.29 is 23.4 Å². The maximum absolute atomic E-state index is 12.9. The molecule has 0 fully saturated rings. The predicted molar refractivity (Wildman–Crippen MR) is 119 cm³/mol. The second-order valence-electron chi connectivity index (χ2n) is 7.80. The number of pyridine rings is 1. The molecular formula is C24H22F2N4O3. The van der Waals surface area contributed by atoms with Crippen LogP contribution < -0.4 is 10.1 Å². The highest BCUT2D eigenvalue weighted by atomic mass is 19.3. The van der Waals surface area contributed by atoms with E-state index in [-0.39, 0.29) is 18.1 Å². The number of benzene rings is 2. The van der Waals surface area contributed by atoms with Crippen molar-refractivity contribution in [2.45, 2.75) is 32.5 Å². The average molecular weight is 452 g/mol. The lowest BCUT2D eigenvalue weighted by Crippen LogP contribution is -2.29. The number of hydrogen-bond acceptors (Lipinski definition) is 5. The monoisotopic (exact) mass is 452 g/mol. The Bertz CT molecular complexity index is 1270. The molecular weight excluding hydrogens is 430 g/mol. The number of aliphatic hydroxyl groups is 1. The number of alkyl halides is 2. The molecule has 2 heterocycles. The van der Waals surface area contributed by atoms with Gasteiger partial charge in [0.05, 0.1) is 17.7 Å². The average Bonchev–Trinajstić information content (AvgIpc) is 3.11. The number of carbonyl (C=O) groups excluding carboxylic acids is 1. The first-order valence-electron chi connectivity index (χ1n) is 10.2. The van der Waals surface area contributed by atoms with Gasteiger partial charge in [-0.2, -0.15) is 8.78 Å². The summed E-state index contributed by atoms with van der Waals surface area (Å²) in [7, 11) is 0. The number of fused-ring (bicyclic) bond motifs is 1. The molecule has 0 aliphatic carbocycles. The van der Waals surface area contributed by atoms with E-state index in [2.05, 4.69) is 20.0 Å². The molecule has 0 aliphatic heterocycles. The van der Waals surface area contributed by atoms with Crippen molar-refractivity contribution in [2.75, 3.05) is 5.32 Å². The molecule has 0 radical (unpaired) electrons. The fraction of sp³-hybridized carbons (Fsp3) is 0.208. The SMILES string of the molecule is Cc1ccc2nc(NC(=O)C[C@](C)(O)c3ccccc3)n(-c3ccc(OC(F)F)cc3)c2n1. The first-order chi connectivity index (χ1) is 15.7. The molecule has 2 aromatic carbocycles. The Hall–Kier alpha value is -3.85. The number of amides is 1. The van der Waals surface area contributed by atoms with Crippen molar-refractivity contribution in [1.82, 2.24) is 14.5 Å². The first kappa shape index (κ1) is 22.3. The number of aromatic nitrogens is 3. The van der Waals surface area contributed by atoms with Gasteiger partial charge in [-0.15, -0.1) is 0 Å². The first-order valence-corrected chi connectivity index (χ1v) is 10.2. The van der Waals surface area contributed by atoms with Crippen LogP contribution in [-0.2, 0) is 10.4 Å². The summed E-state index contributed by atoms with van der Waals surface area (Å²) in [6.45, 7) is 0.463. The third-order valence-corrected chi connectivity index (χ3v) is 5.12. The van der Waals surface area contributed by atoms with Gasteiger partial charge in [0.15, 0.2) is 5.65 Å². The maximum atomic E-state index is 12.9. The van der Waals surface area contributed by atoms with Crippen molar-refractivity contribution in [2.24, 2.45) is 0 Å². The van der Waals surface area contributed by atoms with Gasteiger partial charge in [0, 0.05) is 5.69 Å². The van der Waals surface area contributed by atoms with Crippen molar-refractivity contribution in [3.05, 3.63) is 78.0 Å². The van der Waals surface area contributed by atoms with Crippen LogP contribution in [0, 0.1) is 6.92 Å². The van der Waals surface area contributed by atoms with Gasteiger partial charge in [0.1, 0.15) is 11.3 Å². The number of carbonyl (C=O) groups is 1. The summed E-state index contributed by atoms with van der Waals surface area (Å²) in [6, 6.07) is 18.4. The van der Waals surface area contributed by atoms with E-state index in [9.17, 15) is 18.7 Å². The molecule has 9 heteroatoms. The predicted octanol–water partition coefficient (Wildman–Crippen LogP) is 4.57. The van der Waals surface area contributed by atoms with Gasteiger partial charge >= 0.3 is 6.61 Å². The topological polar surface area (TPSA) is 89.3 Å². The highest BCUT2D eigenvalue weighted by Gasteiger charge is 2.27. The summed E-state index contributed by atoms with van der Waals surface area (Å²) in [5, 5.41) is 13.6. The smallest absolute Gasteiger partial charge is 0.387 e. The van der Waals surface area contributed by atoms with E-state index in [1.807, 2.05) is 13.0 Å². The van der Waals surface area contributed by atoms with Crippen molar-refractivity contribution in [3.63, 3.8) is 0 Å². The minimum Gasteiger partial charge on any atom is -0.435 e. The van der Waals surface area contributed by atoms with Crippen LogP contribution in [0.5, 0.6) is 5.75 Å². The number of anilines is 1. The number of ether oxygens (including phenoxy) is 1. The van der Waals surface area contributed by atoms with E-state index in [1.165, 1.54) is 12.1 Å². The van der Waals surface area contributed by atoms with E-state index >= 15 is 0 Å². The zero-order valence-corrected chi connectivity index (χ0v) is 18.0. The molecule has 0 bridgehead atoms. The molecule has 7 nitrogen and oxygen atoms in total. The molecule has 33 heavy (non-hydrogen) atoms. The Morgan fingerprint density at radius 3 is 2.45 bits per heavy atom. The number of imidazole rings is 1. The summed E-state index contributed by atoms with van der Waals surface area (Å²) >= 11 is 0. The summed E-state index contributed by atoms with van der Waals surface area (Å²) < 4.78 is 31.0. The van der Waals surface area contributed by atoms with E-state index in [0.29, 0.717) is 22.4 Å². The van der Waals surface area contributed by atoms with Gasteiger partial charge in [-0.3, -0.25) is 14.7 Å². The molecule has 4 aromatic rings. The van der Waals surface area contributed by atoms with Crippen molar-refractivity contribution in [1.29, 1.82) is 0 Å². The number of aryl methyl sites for hydroxylation is 1. The Labute approximate surface area is 188 Å². The lowest BCUT2D eigenvalue weighted by molar-refractivity contribution is -0.120. The third-order valence-electron chi connectivity index (χ3n) is 5.12. The second kappa shape index (κ2) is 8.95. The summed E-state index contributed by atoms with van der Waals surface area (Å²) in [4.78, 5) is 21.9. The van der Waals surface area contributed by atoms with E-state index in [0.717, 1.165) is 5.69 Å². The zero-order chi connectivity index (χ0) is 23.6. The summed E-state index contributed by atoms with van der Waals surface area (Å²) in [5.74, 6) is -0.249. The fourth-order valence-electron chi connectivity index (χ4n) is 3.54. The molecule has 0 spiro atoms. The number of hydrogen-bond donors (Lipinski definition) is 2. The molecule has 0 unspecified atom stereocenters. The van der Waals surface area contributed by atoms with Crippen molar-refractivity contribution >= 4 is 23.0 Å². The summed E-state index contributed by atoms with van der Waals surface area (Å²) in [5.41, 5.74) is 1.54. The lowest BCUT2D eigenvalue weighted by Gasteiger charge is -2.23. The third kappa shape index (κ3) is 4.98. The molecule has 1 atom stereocenters. The van der Waals surface area contributed by atoms with Crippen LogP contribution in [0.25, 0.3) is 16.9 Å². The van der Waals surface area contributed by atoms with Crippen LogP contribution >= 0.6 is 0 Å². The number of halogens is 2. The fourth-order valence-corrected chi connectivity index (χ4v) is 3.54. The van der Waals surface area contributed by atoms with Crippen molar-refractivity contribution in [3.8, 4) is 11.4 Å². The largest absolute Gasteiger partial charge is 0.435 e. The Kier molecular flexibility index (Phi) is 6.06. The molecule has 2 N–H and O–H groups in total. The minimum absolute atomic E-state index is 0.00630. The molecule has 170 valence electrons. The zero-order valence-electron chi connectivity index (χ0n) is 18.0. The van der Waals surface area contributed by atoms with Gasteiger partial charge in [-0.1, -0.05) is 30.3 Å². The molecule has 4 rings (SSSR count). The quantitative estimate of drug-likeness (QED) is 0.429. The molecule has 0 aliphatic rings. The van der Waals surface area contributed by atoms with E-state index in [4.69, 9.17) is 0 Å². The van der Waals surface area contributed by atoms with E-state index in [1.54, 1.807) is 60.0 Å². The van der Waals surface area contributed by atoms with Gasteiger partial charge in [0.25, 0.3) is 0 Å².